The zero-order chi connectivity index (χ0) is 25.3. The van der Waals surface area contributed by atoms with Gasteiger partial charge in [-0.15, -0.1) is 0 Å². The molecule has 3 N–H and O–H groups in total. The van der Waals surface area contributed by atoms with E-state index in [-0.39, 0.29) is 12.6 Å². The first kappa shape index (κ1) is 28.1. The summed E-state index contributed by atoms with van der Waals surface area (Å²) in [5.41, 5.74) is 2.05. The summed E-state index contributed by atoms with van der Waals surface area (Å²) in [5, 5.41) is 18.6. The van der Waals surface area contributed by atoms with Gasteiger partial charge in [0.1, 0.15) is 18.7 Å². The minimum absolute atomic E-state index is 0.207. The van der Waals surface area contributed by atoms with E-state index in [1.807, 2.05) is 60.7 Å². The standard InChI is InChI=1S/C21H25NO4.C4H4O4/c1-16(20(23)26-15-18-11-7-4-8-12-18)22-19(21(24)25-2)14-13-17-9-5-3-6-10-17;5-3(6)1-2-4(7)8/h3-12,16,19,22H,13-15H2,1-2H3;1-2H,(H,5,6)(H,7,8)/b;2-1+. The Labute approximate surface area is 198 Å². The molecule has 9 heteroatoms. The summed E-state index contributed by atoms with van der Waals surface area (Å²) >= 11 is 0. The third kappa shape index (κ3) is 12.2. The van der Waals surface area contributed by atoms with Crippen molar-refractivity contribution < 1.29 is 38.9 Å². The zero-order valence-electron chi connectivity index (χ0n) is 19.0. The van der Waals surface area contributed by atoms with Crippen molar-refractivity contribution in [1.29, 1.82) is 0 Å². The minimum atomic E-state index is -1.26. The van der Waals surface area contributed by atoms with Crippen LogP contribution in [0.3, 0.4) is 0 Å². The van der Waals surface area contributed by atoms with Crippen LogP contribution in [0.1, 0.15) is 24.5 Å². The van der Waals surface area contributed by atoms with Crippen LogP contribution in [0, 0.1) is 0 Å². The third-order valence-electron chi connectivity index (χ3n) is 4.45. The highest BCUT2D eigenvalue weighted by atomic mass is 16.5. The second-order valence-electron chi connectivity index (χ2n) is 7.09. The number of ether oxygens (including phenoxy) is 2. The van der Waals surface area contributed by atoms with E-state index in [4.69, 9.17) is 19.7 Å². The maximum absolute atomic E-state index is 12.2. The van der Waals surface area contributed by atoms with Gasteiger partial charge in [-0.2, -0.15) is 0 Å². The van der Waals surface area contributed by atoms with Gasteiger partial charge in [0.2, 0.25) is 0 Å². The minimum Gasteiger partial charge on any atom is -0.478 e. The van der Waals surface area contributed by atoms with Crippen molar-refractivity contribution in [2.75, 3.05) is 7.11 Å². The van der Waals surface area contributed by atoms with Gasteiger partial charge in [0.05, 0.1) is 7.11 Å². The highest BCUT2D eigenvalue weighted by Crippen LogP contribution is 2.08. The number of aryl methyl sites for hydroxylation is 1. The molecule has 0 radical (unpaired) electrons. The van der Waals surface area contributed by atoms with E-state index in [1.54, 1.807) is 6.92 Å². The molecule has 2 rings (SSSR count). The Balaban J connectivity index is 0.000000620. The van der Waals surface area contributed by atoms with Crippen LogP contribution in [0.5, 0.6) is 0 Å². The molecule has 9 nitrogen and oxygen atoms in total. The first-order valence-corrected chi connectivity index (χ1v) is 10.4. The lowest BCUT2D eigenvalue weighted by Crippen LogP contribution is -2.46. The first-order valence-electron chi connectivity index (χ1n) is 10.4. The van der Waals surface area contributed by atoms with Crippen molar-refractivity contribution in [2.45, 2.75) is 38.5 Å². The molecule has 0 spiro atoms. The normalized spacial score (nSPS) is 12.1. The average molecular weight is 472 g/mol. The number of benzene rings is 2. The molecule has 0 aliphatic carbocycles. The molecule has 0 aromatic heterocycles. The Hall–Kier alpha value is -3.98. The van der Waals surface area contributed by atoms with Crippen LogP contribution in [0.2, 0.25) is 0 Å². The number of nitrogens with one attached hydrogen (secondary N) is 1. The molecule has 0 heterocycles. The second-order valence-corrected chi connectivity index (χ2v) is 7.09. The van der Waals surface area contributed by atoms with Crippen LogP contribution in [0.4, 0.5) is 0 Å². The van der Waals surface area contributed by atoms with E-state index in [0.29, 0.717) is 25.0 Å². The van der Waals surface area contributed by atoms with Gasteiger partial charge in [0, 0.05) is 12.2 Å². The molecule has 0 saturated heterocycles. The van der Waals surface area contributed by atoms with Gasteiger partial charge in [-0.05, 0) is 30.9 Å². The summed E-state index contributed by atoms with van der Waals surface area (Å²) in [6.45, 7) is 1.89. The number of carboxylic acid groups (broad SMARTS) is 2. The number of carbonyl (C=O) groups is 4. The molecule has 0 fully saturated rings. The molecular formula is C25H29NO8. The van der Waals surface area contributed by atoms with Gasteiger partial charge in [-0.3, -0.25) is 14.9 Å². The Morgan fingerprint density at radius 3 is 1.82 bits per heavy atom. The quantitative estimate of drug-likeness (QED) is 0.333. The van der Waals surface area contributed by atoms with Gasteiger partial charge in [-0.1, -0.05) is 60.7 Å². The van der Waals surface area contributed by atoms with E-state index < -0.39 is 30.0 Å². The van der Waals surface area contributed by atoms with E-state index in [0.717, 1.165) is 11.1 Å². The van der Waals surface area contributed by atoms with Crippen LogP contribution < -0.4 is 5.32 Å². The molecule has 0 amide bonds. The lowest BCUT2D eigenvalue weighted by atomic mass is 10.0. The average Bonchev–Trinajstić information content (AvgIpc) is 2.84. The molecule has 182 valence electrons. The van der Waals surface area contributed by atoms with Gasteiger partial charge < -0.3 is 19.7 Å². The summed E-state index contributed by atoms with van der Waals surface area (Å²) in [4.78, 5) is 43.3. The Kier molecular flexibility index (Phi) is 13.0. The van der Waals surface area contributed by atoms with Crippen molar-refractivity contribution in [3.63, 3.8) is 0 Å². The van der Waals surface area contributed by atoms with Crippen molar-refractivity contribution in [3.8, 4) is 0 Å². The maximum atomic E-state index is 12.2. The SMILES string of the molecule is COC(=O)C(CCc1ccccc1)NC(C)C(=O)OCc1ccccc1.O=C(O)/C=C/C(=O)O. The Bertz CT molecular complexity index is 928. The zero-order valence-corrected chi connectivity index (χ0v) is 19.0. The summed E-state index contributed by atoms with van der Waals surface area (Å²) in [6, 6.07) is 18.2. The fourth-order valence-corrected chi connectivity index (χ4v) is 2.73. The number of carbonyl (C=O) groups excluding carboxylic acids is 2. The van der Waals surface area contributed by atoms with Crippen molar-refractivity contribution in [2.24, 2.45) is 0 Å². The molecule has 0 saturated carbocycles. The highest BCUT2D eigenvalue weighted by Gasteiger charge is 2.25. The molecule has 0 bridgehead atoms. The molecule has 2 aromatic carbocycles. The summed E-state index contributed by atoms with van der Waals surface area (Å²) < 4.78 is 10.2. The van der Waals surface area contributed by atoms with E-state index in [1.165, 1.54) is 7.11 Å². The topological polar surface area (TPSA) is 139 Å². The van der Waals surface area contributed by atoms with E-state index in [9.17, 15) is 19.2 Å². The summed E-state index contributed by atoms with van der Waals surface area (Å²) in [5.74, 6) is -3.30. The summed E-state index contributed by atoms with van der Waals surface area (Å²) in [7, 11) is 1.35. The number of esters is 2. The number of hydrogen-bond acceptors (Lipinski definition) is 7. The Morgan fingerprint density at radius 2 is 1.35 bits per heavy atom. The molecule has 34 heavy (non-hydrogen) atoms. The van der Waals surface area contributed by atoms with Crippen LogP contribution >= 0.6 is 0 Å². The largest absolute Gasteiger partial charge is 0.478 e. The fourth-order valence-electron chi connectivity index (χ4n) is 2.73. The maximum Gasteiger partial charge on any atom is 0.328 e. The summed E-state index contributed by atoms with van der Waals surface area (Å²) in [6.07, 6.45) is 2.36. The van der Waals surface area contributed by atoms with Crippen LogP contribution in [0.25, 0.3) is 0 Å². The molecule has 0 aliphatic rings. The predicted molar refractivity (Wildman–Crippen MR) is 124 cm³/mol. The van der Waals surface area contributed by atoms with Crippen molar-refractivity contribution in [3.05, 3.63) is 83.9 Å². The number of rotatable bonds is 11. The molecular weight excluding hydrogens is 442 g/mol. The van der Waals surface area contributed by atoms with E-state index in [2.05, 4.69) is 5.32 Å². The molecule has 2 atom stereocenters. The van der Waals surface area contributed by atoms with Gasteiger partial charge >= 0.3 is 23.9 Å². The number of carboxylic acids is 2. The van der Waals surface area contributed by atoms with Gasteiger partial charge in [0.25, 0.3) is 0 Å². The monoisotopic (exact) mass is 471 g/mol. The lowest BCUT2D eigenvalue weighted by molar-refractivity contribution is -0.149. The number of hydrogen-bond donors (Lipinski definition) is 3. The van der Waals surface area contributed by atoms with Crippen LogP contribution in [-0.2, 0) is 41.7 Å². The smallest absolute Gasteiger partial charge is 0.328 e. The van der Waals surface area contributed by atoms with Crippen molar-refractivity contribution >= 4 is 23.9 Å². The van der Waals surface area contributed by atoms with Crippen LogP contribution in [-0.4, -0.2) is 53.3 Å². The van der Waals surface area contributed by atoms with E-state index >= 15 is 0 Å². The predicted octanol–water partition coefficient (Wildman–Crippen LogP) is 2.59. The third-order valence-corrected chi connectivity index (χ3v) is 4.45. The fraction of sp³-hybridized carbons (Fsp3) is 0.280. The number of methoxy groups -OCH3 is 1. The van der Waals surface area contributed by atoms with Crippen LogP contribution in [0.15, 0.2) is 72.8 Å². The van der Waals surface area contributed by atoms with Gasteiger partial charge in [0.15, 0.2) is 0 Å². The molecule has 0 aliphatic heterocycles. The van der Waals surface area contributed by atoms with Gasteiger partial charge in [-0.25, -0.2) is 9.59 Å². The molecule has 2 aromatic rings. The van der Waals surface area contributed by atoms with Crippen molar-refractivity contribution in [1.82, 2.24) is 5.32 Å². The highest BCUT2D eigenvalue weighted by molar-refractivity contribution is 5.89. The first-order chi connectivity index (χ1) is 16.2. The Morgan fingerprint density at radius 1 is 0.853 bits per heavy atom. The second kappa shape index (κ2) is 15.8. The molecule has 2 unspecified atom stereocenters. The number of aliphatic carboxylic acids is 2. The lowest BCUT2D eigenvalue weighted by Gasteiger charge is -2.20.